The molecule has 0 radical (unpaired) electrons. The van der Waals surface area contributed by atoms with Crippen LogP contribution in [0.5, 0.6) is 0 Å². The number of carbonyl (C=O) groups excluding carboxylic acids is 2. The van der Waals surface area contributed by atoms with Gasteiger partial charge in [-0.3, -0.25) is 9.59 Å². The van der Waals surface area contributed by atoms with Crippen LogP contribution in [0.4, 0.5) is 5.69 Å². The van der Waals surface area contributed by atoms with E-state index in [1.54, 1.807) is 11.8 Å². The largest absolute Gasteiger partial charge is 0.352 e. The van der Waals surface area contributed by atoms with Crippen molar-refractivity contribution in [3.63, 3.8) is 0 Å². The third-order valence-electron chi connectivity index (χ3n) is 3.95. The van der Waals surface area contributed by atoms with E-state index in [1.807, 2.05) is 50.2 Å². The van der Waals surface area contributed by atoms with Gasteiger partial charge in [-0.25, -0.2) is 0 Å². The van der Waals surface area contributed by atoms with Gasteiger partial charge in [-0.05, 0) is 50.1 Å². The Hall–Kier alpha value is -2.27. The molecule has 2 aromatic rings. The zero-order chi connectivity index (χ0) is 17.1. The van der Waals surface area contributed by atoms with Crippen molar-refractivity contribution < 1.29 is 9.59 Å². The van der Waals surface area contributed by atoms with Crippen molar-refractivity contribution in [2.75, 3.05) is 11.9 Å². The van der Waals surface area contributed by atoms with Crippen LogP contribution >= 0.6 is 11.8 Å². The van der Waals surface area contributed by atoms with Crippen LogP contribution in [0.25, 0.3) is 0 Å². The Morgan fingerprint density at radius 2 is 2.08 bits per heavy atom. The first-order chi connectivity index (χ1) is 11.5. The average molecular weight is 340 g/mol. The second-order valence-corrected chi connectivity index (χ2v) is 7.34. The number of carbonyl (C=O) groups is 2. The third kappa shape index (κ3) is 3.79. The lowest BCUT2D eigenvalue weighted by atomic mass is 10.1. The van der Waals surface area contributed by atoms with Gasteiger partial charge in [0.2, 0.25) is 5.91 Å². The van der Waals surface area contributed by atoms with Crippen LogP contribution in [0.1, 0.15) is 28.4 Å². The van der Waals surface area contributed by atoms with Crippen molar-refractivity contribution in [3.8, 4) is 0 Å². The maximum atomic E-state index is 12.1. The fraction of sp³-hybridized carbons (Fsp3) is 0.263. The minimum atomic E-state index is -0.0608. The summed E-state index contributed by atoms with van der Waals surface area (Å²) < 4.78 is 0. The summed E-state index contributed by atoms with van der Waals surface area (Å²) in [5.74, 6) is -0.0215. The summed E-state index contributed by atoms with van der Waals surface area (Å²) in [4.78, 5) is 25.0. The zero-order valence-corrected chi connectivity index (χ0v) is 14.6. The number of anilines is 1. The summed E-state index contributed by atoms with van der Waals surface area (Å²) >= 11 is 1.57. The number of benzene rings is 2. The number of thioether (sulfide) groups is 1. The Morgan fingerprint density at radius 3 is 2.88 bits per heavy atom. The van der Waals surface area contributed by atoms with E-state index in [1.165, 1.54) is 0 Å². The third-order valence-corrected chi connectivity index (χ3v) is 5.13. The van der Waals surface area contributed by atoms with Gasteiger partial charge in [0.25, 0.3) is 5.91 Å². The Bertz CT molecular complexity index is 789. The molecule has 5 heteroatoms. The molecule has 3 rings (SSSR count). The second-order valence-electron chi connectivity index (χ2n) is 5.96. The number of amides is 2. The lowest BCUT2D eigenvalue weighted by Crippen LogP contribution is -2.27. The van der Waals surface area contributed by atoms with Gasteiger partial charge in [-0.1, -0.05) is 23.8 Å². The van der Waals surface area contributed by atoms with Crippen LogP contribution in [0, 0.1) is 6.92 Å². The summed E-state index contributed by atoms with van der Waals surface area (Å²) in [5, 5.41) is 5.81. The van der Waals surface area contributed by atoms with Crippen molar-refractivity contribution in [1.82, 2.24) is 5.32 Å². The molecular weight excluding hydrogens is 320 g/mol. The molecule has 1 aliphatic rings. The highest BCUT2D eigenvalue weighted by Gasteiger charge is 2.22. The molecule has 0 bridgehead atoms. The SMILES string of the molecule is Cc1cccc(C(=O)NCCc2ccc3c(c2)NC(=O)C(C)S3)c1. The number of rotatable bonds is 4. The fourth-order valence-electron chi connectivity index (χ4n) is 2.62. The van der Waals surface area contributed by atoms with Gasteiger partial charge in [0, 0.05) is 17.0 Å². The molecule has 4 nitrogen and oxygen atoms in total. The number of fused-ring (bicyclic) bond motifs is 1. The maximum absolute atomic E-state index is 12.1. The van der Waals surface area contributed by atoms with Crippen LogP contribution in [0.15, 0.2) is 47.4 Å². The fourth-order valence-corrected chi connectivity index (χ4v) is 3.55. The number of hydrogen-bond acceptors (Lipinski definition) is 3. The maximum Gasteiger partial charge on any atom is 0.251 e. The minimum Gasteiger partial charge on any atom is -0.352 e. The van der Waals surface area contributed by atoms with Crippen LogP contribution in [-0.2, 0) is 11.2 Å². The summed E-state index contributed by atoms with van der Waals surface area (Å²) in [6.45, 7) is 4.43. The first-order valence-electron chi connectivity index (χ1n) is 7.98. The molecular formula is C19H20N2O2S. The molecule has 0 saturated heterocycles. The molecule has 0 spiro atoms. The molecule has 1 aliphatic heterocycles. The Kier molecular flexibility index (Phi) is 4.90. The van der Waals surface area contributed by atoms with Gasteiger partial charge < -0.3 is 10.6 Å². The van der Waals surface area contributed by atoms with Gasteiger partial charge in [-0.15, -0.1) is 11.8 Å². The van der Waals surface area contributed by atoms with Gasteiger partial charge in [0.05, 0.1) is 10.9 Å². The van der Waals surface area contributed by atoms with Gasteiger partial charge in [0.1, 0.15) is 0 Å². The second kappa shape index (κ2) is 7.09. The van der Waals surface area contributed by atoms with Crippen molar-refractivity contribution in [2.45, 2.75) is 30.4 Å². The van der Waals surface area contributed by atoms with Crippen LogP contribution in [-0.4, -0.2) is 23.6 Å². The van der Waals surface area contributed by atoms with Crippen molar-refractivity contribution in [1.29, 1.82) is 0 Å². The molecule has 0 saturated carbocycles. The predicted molar refractivity (Wildman–Crippen MR) is 97.6 cm³/mol. The average Bonchev–Trinajstić information content (AvgIpc) is 2.56. The zero-order valence-electron chi connectivity index (χ0n) is 13.8. The van der Waals surface area contributed by atoms with E-state index in [0.717, 1.165) is 28.1 Å². The molecule has 1 unspecified atom stereocenters. The molecule has 0 aliphatic carbocycles. The minimum absolute atomic E-state index is 0.0393. The quantitative estimate of drug-likeness (QED) is 0.897. The summed E-state index contributed by atoms with van der Waals surface area (Å²) in [6.07, 6.45) is 0.723. The normalized spacial score (nSPS) is 16.2. The first-order valence-corrected chi connectivity index (χ1v) is 8.86. The molecule has 24 heavy (non-hydrogen) atoms. The molecule has 0 fully saturated rings. The van der Waals surface area contributed by atoms with E-state index >= 15 is 0 Å². The highest BCUT2D eigenvalue weighted by atomic mass is 32.2. The molecule has 1 atom stereocenters. The van der Waals surface area contributed by atoms with Gasteiger partial charge in [0.15, 0.2) is 0 Å². The molecule has 1 heterocycles. The summed E-state index contributed by atoms with van der Waals surface area (Å²) in [5.41, 5.74) is 3.71. The lowest BCUT2D eigenvalue weighted by Gasteiger charge is -2.21. The predicted octanol–water partition coefficient (Wildman–Crippen LogP) is 3.40. The van der Waals surface area contributed by atoms with E-state index in [4.69, 9.17) is 0 Å². The Labute approximate surface area is 146 Å². The highest BCUT2D eigenvalue weighted by molar-refractivity contribution is 8.00. The van der Waals surface area contributed by atoms with Crippen LogP contribution < -0.4 is 10.6 Å². The van der Waals surface area contributed by atoms with Crippen LogP contribution in [0.2, 0.25) is 0 Å². The monoisotopic (exact) mass is 340 g/mol. The van der Waals surface area contributed by atoms with E-state index in [0.29, 0.717) is 12.1 Å². The van der Waals surface area contributed by atoms with E-state index in [-0.39, 0.29) is 17.1 Å². The van der Waals surface area contributed by atoms with E-state index in [9.17, 15) is 9.59 Å². The summed E-state index contributed by atoms with van der Waals surface area (Å²) in [7, 11) is 0. The molecule has 0 aromatic heterocycles. The van der Waals surface area contributed by atoms with E-state index < -0.39 is 0 Å². The number of aryl methyl sites for hydroxylation is 1. The number of nitrogens with one attached hydrogen (secondary N) is 2. The highest BCUT2D eigenvalue weighted by Crippen LogP contribution is 2.35. The standard InChI is InChI=1S/C19H20N2O2S/c1-12-4-3-5-15(10-12)19(23)20-9-8-14-6-7-17-16(11-14)21-18(22)13(2)24-17/h3-7,10-11,13H,8-9H2,1-2H3,(H,20,23)(H,21,22). The van der Waals surface area contributed by atoms with Crippen molar-refractivity contribution in [2.24, 2.45) is 0 Å². The van der Waals surface area contributed by atoms with Crippen LogP contribution in [0.3, 0.4) is 0 Å². The molecule has 2 N–H and O–H groups in total. The van der Waals surface area contributed by atoms with Gasteiger partial charge >= 0.3 is 0 Å². The van der Waals surface area contributed by atoms with Gasteiger partial charge in [-0.2, -0.15) is 0 Å². The molecule has 124 valence electrons. The smallest absolute Gasteiger partial charge is 0.251 e. The van der Waals surface area contributed by atoms with Crippen molar-refractivity contribution in [3.05, 3.63) is 59.2 Å². The summed E-state index contributed by atoms with van der Waals surface area (Å²) in [6, 6.07) is 13.6. The Morgan fingerprint density at radius 1 is 1.25 bits per heavy atom. The lowest BCUT2D eigenvalue weighted by molar-refractivity contribution is -0.115. The van der Waals surface area contributed by atoms with Crippen molar-refractivity contribution >= 4 is 29.3 Å². The van der Waals surface area contributed by atoms with E-state index in [2.05, 4.69) is 16.7 Å². The topological polar surface area (TPSA) is 58.2 Å². The molecule has 2 aromatic carbocycles. The first kappa shape index (κ1) is 16.6. The number of hydrogen-bond donors (Lipinski definition) is 2. The molecule has 2 amide bonds. The Balaban J connectivity index is 1.58.